The molecule has 0 amide bonds. The van der Waals surface area contributed by atoms with E-state index in [1.165, 1.54) is 5.56 Å². The van der Waals surface area contributed by atoms with Gasteiger partial charge in [-0.2, -0.15) is 0 Å². The molecule has 132 valence electrons. The number of aromatic nitrogens is 3. The predicted molar refractivity (Wildman–Crippen MR) is 99.5 cm³/mol. The summed E-state index contributed by atoms with van der Waals surface area (Å²) in [5.41, 5.74) is 3.79. The van der Waals surface area contributed by atoms with Crippen molar-refractivity contribution in [1.82, 2.24) is 15.0 Å². The highest BCUT2D eigenvalue weighted by molar-refractivity contribution is 7.25. The van der Waals surface area contributed by atoms with E-state index in [1.54, 1.807) is 31.0 Å². The molecule has 7 heteroatoms. The maximum Gasteiger partial charge on any atom is 0.234 e. The van der Waals surface area contributed by atoms with Crippen molar-refractivity contribution in [2.75, 3.05) is 7.11 Å². The zero-order chi connectivity index (χ0) is 17.9. The molecule has 0 fully saturated rings. The van der Waals surface area contributed by atoms with Gasteiger partial charge in [-0.3, -0.25) is 0 Å². The van der Waals surface area contributed by atoms with Crippen molar-refractivity contribution in [3.8, 4) is 17.3 Å². The Morgan fingerprint density at radius 2 is 2.12 bits per heavy atom. The van der Waals surface area contributed by atoms with Crippen LogP contribution in [0.25, 0.3) is 31.9 Å². The van der Waals surface area contributed by atoms with E-state index in [9.17, 15) is 0 Å². The number of fused-ring (bicyclic) bond motifs is 5. The third-order valence-corrected chi connectivity index (χ3v) is 5.80. The van der Waals surface area contributed by atoms with Crippen LogP contribution in [0.4, 0.5) is 0 Å². The van der Waals surface area contributed by atoms with Gasteiger partial charge in [-0.25, -0.2) is 15.0 Å². The van der Waals surface area contributed by atoms with Crippen LogP contribution in [-0.2, 0) is 17.8 Å². The van der Waals surface area contributed by atoms with Gasteiger partial charge in [-0.1, -0.05) is 0 Å². The molecule has 5 rings (SSSR count). The van der Waals surface area contributed by atoms with Gasteiger partial charge < -0.3 is 13.9 Å². The fraction of sp³-hybridized carbons (Fsp3) is 0.316. The van der Waals surface area contributed by atoms with E-state index in [1.807, 2.05) is 12.1 Å². The van der Waals surface area contributed by atoms with Gasteiger partial charge in [0.2, 0.25) is 5.88 Å². The Kier molecular flexibility index (Phi) is 3.32. The van der Waals surface area contributed by atoms with Crippen molar-refractivity contribution in [1.29, 1.82) is 0 Å². The second-order valence-corrected chi connectivity index (χ2v) is 7.96. The van der Waals surface area contributed by atoms with Gasteiger partial charge >= 0.3 is 0 Å². The van der Waals surface area contributed by atoms with Crippen LogP contribution < -0.4 is 4.74 Å². The first-order valence-corrected chi connectivity index (χ1v) is 9.20. The maximum atomic E-state index is 6.08. The molecule has 26 heavy (non-hydrogen) atoms. The van der Waals surface area contributed by atoms with Gasteiger partial charge in [0.15, 0.2) is 5.76 Å². The van der Waals surface area contributed by atoms with Gasteiger partial charge in [0.05, 0.1) is 31.1 Å². The van der Waals surface area contributed by atoms with E-state index in [4.69, 9.17) is 18.9 Å². The second-order valence-electron chi connectivity index (χ2n) is 6.96. The molecule has 0 radical (unpaired) electrons. The van der Waals surface area contributed by atoms with E-state index in [0.717, 1.165) is 43.9 Å². The summed E-state index contributed by atoms with van der Waals surface area (Å²) in [6.45, 7) is 4.72. The standard InChI is InChI=1S/C19H17N3O3S/c1-19(2)7-10-11(8-25-19)14(12-5-4-6-24-12)22-18-13(10)15-16(26-18)17(23-3)21-9-20-15/h4-6,9H,7-8H2,1-3H3. The van der Waals surface area contributed by atoms with Crippen LogP contribution >= 0.6 is 11.3 Å². The summed E-state index contributed by atoms with van der Waals surface area (Å²) in [5, 5.41) is 1.08. The summed E-state index contributed by atoms with van der Waals surface area (Å²) in [5.74, 6) is 1.33. The first kappa shape index (κ1) is 15.7. The summed E-state index contributed by atoms with van der Waals surface area (Å²) < 4.78 is 18.1. The summed E-state index contributed by atoms with van der Waals surface area (Å²) in [4.78, 5) is 14.6. The van der Waals surface area contributed by atoms with Gasteiger partial charge in [-0.05, 0) is 31.5 Å². The number of hydrogen-bond donors (Lipinski definition) is 0. The van der Waals surface area contributed by atoms with Gasteiger partial charge in [-0.15, -0.1) is 11.3 Å². The van der Waals surface area contributed by atoms with Gasteiger partial charge in [0.25, 0.3) is 0 Å². The summed E-state index contributed by atoms with van der Waals surface area (Å²) in [6.07, 6.45) is 4.00. The van der Waals surface area contributed by atoms with Gasteiger partial charge in [0.1, 0.15) is 21.6 Å². The zero-order valence-electron chi connectivity index (χ0n) is 14.7. The van der Waals surface area contributed by atoms with Crippen LogP contribution in [0.2, 0.25) is 0 Å². The average Bonchev–Trinajstić information content (AvgIpc) is 3.27. The van der Waals surface area contributed by atoms with Crippen molar-refractivity contribution in [3.63, 3.8) is 0 Å². The number of nitrogens with zero attached hydrogens (tertiary/aromatic N) is 3. The molecule has 1 aliphatic heterocycles. The Morgan fingerprint density at radius 3 is 2.88 bits per heavy atom. The molecule has 0 saturated heterocycles. The van der Waals surface area contributed by atoms with Crippen LogP contribution in [-0.4, -0.2) is 27.7 Å². The van der Waals surface area contributed by atoms with Gasteiger partial charge in [0, 0.05) is 17.4 Å². The van der Waals surface area contributed by atoms with Crippen LogP contribution in [0, 0.1) is 0 Å². The molecule has 0 N–H and O–H groups in total. The van der Waals surface area contributed by atoms with Crippen molar-refractivity contribution in [2.45, 2.75) is 32.5 Å². The largest absolute Gasteiger partial charge is 0.480 e. The molecule has 0 aromatic carbocycles. The molecule has 1 aliphatic rings. The number of thiophene rings is 1. The van der Waals surface area contributed by atoms with Crippen molar-refractivity contribution in [2.24, 2.45) is 0 Å². The molecule has 0 unspecified atom stereocenters. The van der Waals surface area contributed by atoms with E-state index in [-0.39, 0.29) is 5.60 Å². The minimum atomic E-state index is -0.243. The third-order valence-electron chi connectivity index (χ3n) is 4.74. The number of ether oxygens (including phenoxy) is 2. The number of methoxy groups -OCH3 is 1. The second kappa shape index (κ2) is 5.49. The highest BCUT2D eigenvalue weighted by atomic mass is 32.1. The first-order chi connectivity index (χ1) is 12.6. The van der Waals surface area contributed by atoms with Crippen LogP contribution in [0.1, 0.15) is 25.0 Å². The highest BCUT2D eigenvalue weighted by Gasteiger charge is 2.32. The van der Waals surface area contributed by atoms with E-state index in [2.05, 4.69) is 23.8 Å². The molecule has 0 bridgehead atoms. The quantitative estimate of drug-likeness (QED) is 0.524. The first-order valence-electron chi connectivity index (χ1n) is 8.38. The normalized spacial score (nSPS) is 16.1. The summed E-state index contributed by atoms with van der Waals surface area (Å²) in [7, 11) is 1.63. The fourth-order valence-corrected chi connectivity index (χ4v) is 4.67. The van der Waals surface area contributed by atoms with E-state index in [0.29, 0.717) is 12.5 Å². The van der Waals surface area contributed by atoms with Crippen molar-refractivity contribution >= 4 is 31.8 Å². The minimum Gasteiger partial charge on any atom is -0.480 e. The summed E-state index contributed by atoms with van der Waals surface area (Å²) in [6, 6.07) is 3.81. The van der Waals surface area contributed by atoms with Crippen LogP contribution in [0.15, 0.2) is 29.1 Å². The Balaban J connectivity index is 1.91. The number of rotatable bonds is 2. The molecule has 4 aromatic heterocycles. The van der Waals surface area contributed by atoms with Crippen molar-refractivity contribution in [3.05, 3.63) is 35.9 Å². The Labute approximate surface area is 153 Å². The molecule has 0 aliphatic carbocycles. The van der Waals surface area contributed by atoms with E-state index < -0.39 is 0 Å². The summed E-state index contributed by atoms with van der Waals surface area (Å²) >= 11 is 1.55. The molecular formula is C19H17N3O3S. The Bertz CT molecular complexity index is 1130. The molecule has 5 heterocycles. The lowest BCUT2D eigenvalue weighted by Gasteiger charge is -2.32. The molecule has 6 nitrogen and oxygen atoms in total. The lowest BCUT2D eigenvalue weighted by Crippen LogP contribution is -2.32. The highest BCUT2D eigenvalue weighted by Crippen LogP contribution is 2.44. The van der Waals surface area contributed by atoms with Crippen LogP contribution in [0.3, 0.4) is 0 Å². The molecule has 0 atom stereocenters. The third kappa shape index (κ3) is 2.24. The van der Waals surface area contributed by atoms with E-state index >= 15 is 0 Å². The topological polar surface area (TPSA) is 70.3 Å². The predicted octanol–water partition coefficient (Wildman–Crippen LogP) is 4.36. The monoisotopic (exact) mass is 367 g/mol. The minimum absolute atomic E-state index is 0.243. The lowest BCUT2D eigenvalue weighted by molar-refractivity contribution is -0.0395. The molecular weight excluding hydrogens is 350 g/mol. The SMILES string of the molecule is COc1ncnc2c1sc1nc(-c3ccco3)c3c(c12)CC(C)(C)OC3. The number of hydrogen-bond acceptors (Lipinski definition) is 7. The lowest BCUT2D eigenvalue weighted by atomic mass is 9.89. The molecule has 0 spiro atoms. The fourth-order valence-electron chi connectivity index (χ4n) is 3.55. The van der Waals surface area contributed by atoms with Crippen molar-refractivity contribution < 1.29 is 13.9 Å². The number of pyridine rings is 1. The molecule has 0 saturated carbocycles. The zero-order valence-corrected chi connectivity index (χ0v) is 15.5. The smallest absolute Gasteiger partial charge is 0.234 e. The molecule has 4 aromatic rings. The Morgan fingerprint density at radius 1 is 1.23 bits per heavy atom. The average molecular weight is 367 g/mol. The number of furan rings is 1. The Hall–Kier alpha value is -2.51. The maximum absolute atomic E-state index is 6.08. The van der Waals surface area contributed by atoms with Crippen LogP contribution in [0.5, 0.6) is 5.88 Å².